The molecule has 84 valence electrons. The summed E-state index contributed by atoms with van der Waals surface area (Å²) in [5.74, 6) is -0.712. The lowest BCUT2D eigenvalue weighted by molar-refractivity contribution is -0.154. The van der Waals surface area contributed by atoms with Crippen molar-refractivity contribution in [3.8, 4) is 0 Å². The molecule has 0 radical (unpaired) electrons. The van der Waals surface area contributed by atoms with Crippen molar-refractivity contribution in [3.05, 3.63) is 0 Å². The summed E-state index contributed by atoms with van der Waals surface area (Å²) < 4.78 is 9.41. The molecule has 14 heavy (non-hydrogen) atoms. The van der Waals surface area contributed by atoms with Crippen molar-refractivity contribution in [2.45, 2.75) is 19.1 Å². The van der Waals surface area contributed by atoms with Crippen LogP contribution in [0.5, 0.6) is 0 Å². The number of aliphatic hydroxyl groups excluding tert-OH is 3. The van der Waals surface area contributed by atoms with Crippen LogP contribution < -0.4 is 0 Å². The Labute approximate surface area is 82.1 Å². The standard InChI is InChI=1S/C8H16O6/c1-6(10)8(12)14-3-2-13-5-7(11)4-9/h6-7,9-11H,2-5H2,1H3. The van der Waals surface area contributed by atoms with Gasteiger partial charge in [-0.05, 0) is 6.92 Å². The SMILES string of the molecule is CC(O)C(=O)OCCOCC(O)CO. The average molecular weight is 208 g/mol. The molecule has 0 spiro atoms. The summed E-state index contributed by atoms with van der Waals surface area (Å²) in [6.07, 6.45) is -2.06. The summed E-state index contributed by atoms with van der Waals surface area (Å²) in [6, 6.07) is 0. The van der Waals surface area contributed by atoms with E-state index in [0.29, 0.717) is 0 Å². The first-order valence-corrected chi connectivity index (χ1v) is 4.29. The zero-order valence-corrected chi connectivity index (χ0v) is 8.05. The van der Waals surface area contributed by atoms with Gasteiger partial charge >= 0.3 is 5.97 Å². The van der Waals surface area contributed by atoms with Crippen molar-refractivity contribution >= 4 is 5.97 Å². The largest absolute Gasteiger partial charge is 0.461 e. The van der Waals surface area contributed by atoms with Crippen molar-refractivity contribution < 1.29 is 29.6 Å². The molecule has 0 aromatic carbocycles. The normalized spacial score (nSPS) is 14.9. The first-order valence-electron chi connectivity index (χ1n) is 4.29. The van der Waals surface area contributed by atoms with E-state index < -0.39 is 18.2 Å². The molecule has 2 unspecified atom stereocenters. The van der Waals surface area contributed by atoms with Crippen LogP contribution >= 0.6 is 0 Å². The molecule has 0 aromatic rings. The van der Waals surface area contributed by atoms with Gasteiger partial charge in [0, 0.05) is 0 Å². The lowest BCUT2D eigenvalue weighted by Gasteiger charge is -2.09. The molecule has 0 aromatic heterocycles. The fourth-order valence-corrected chi connectivity index (χ4v) is 0.594. The molecule has 6 heteroatoms. The second-order valence-electron chi connectivity index (χ2n) is 2.75. The lowest BCUT2D eigenvalue weighted by Crippen LogP contribution is -2.23. The van der Waals surface area contributed by atoms with Crippen LogP contribution in [0.25, 0.3) is 0 Å². The molecule has 0 aliphatic heterocycles. The van der Waals surface area contributed by atoms with Crippen LogP contribution in [0, 0.1) is 0 Å². The third kappa shape index (κ3) is 6.79. The predicted octanol–water partition coefficient (Wildman–Crippen LogP) is -1.72. The van der Waals surface area contributed by atoms with E-state index in [9.17, 15) is 4.79 Å². The Bertz CT molecular complexity index is 158. The molecule has 0 saturated heterocycles. The minimum absolute atomic E-state index is 0.0112. The lowest BCUT2D eigenvalue weighted by atomic mass is 10.4. The van der Waals surface area contributed by atoms with Crippen molar-refractivity contribution in [3.63, 3.8) is 0 Å². The molecule has 0 fully saturated rings. The van der Waals surface area contributed by atoms with Crippen LogP contribution in [0.4, 0.5) is 0 Å². The van der Waals surface area contributed by atoms with Crippen LogP contribution in [0.1, 0.15) is 6.92 Å². The van der Waals surface area contributed by atoms with E-state index in [-0.39, 0.29) is 26.4 Å². The van der Waals surface area contributed by atoms with Gasteiger partial charge in [0.15, 0.2) is 0 Å². The number of carbonyl (C=O) groups is 1. The summed E-state index contributed by atoms with van der Waals surface area (Å²) in [5.41, 5.74) is 0. The zero-order chi connectivity index (χ0) is 11.0. The molecule has 0 aliphatic carbocycles. The molecular formula is C8H16O6. The Kier molecular flexibility index (Phi) is 7.31. The van der Waals surface area contributed by atoms with E-state index in [0.717, 1.165) is 0 Å². The topological polar surface area (TPSA) is 96.2 Å². The van der Waals surface area contributed by atoms with Gasteiger partial charge in [0.2, 0.25) is 0 Å². The second kappa shape index (κ2) is 7.69. The highest BCUT2D eigenvalue weighted by Gasteiger charge is 2.09. The van der Waals surface area contributed by atoms with Gasteiger partial charge in [-0.3, -0.25) is 0 Å². The molecule has 6 nitrogen and oxygen atoms in total. The zero-order valence-electron chi connectivity index (χ0n) is 8.05. The minimum atomic E-state index is -1.14. The molecule has 0 aliphatic rings. The van der Waals surface area contributed by atoms with Crippen molar-refractivity contribution in [1.29, 1.82) is 0 Å². The monoisotopic (exact) mass is 208 g/mol. The highest BCUT2D eigenvalue weighted by atomic mass is 16.6. The molecule has 2 atom stereocenters. The second-order valence-corrected chi connectivity index (χ2v) is 2.75. The summed E-state index contributed by atoms with van der Waals surface area (Å²) in [4.78, 5) is 10.7. The Balaban J connectivity index is 3.26. The fraction of sp³-hybridized carbons (Fsp3) is 0.875. The molecule has 0 saturated carbocycles. The molecular weight excluding hydrogens is 192 g/mol. The van der Waals surface area contributed by atoms with Crippen LogP contribution in [0.3, 0.4) is 0 Å². The van der Waals surface area contributed by atoms with E-state index in [1.165, 1.54) is 6.92 Å². The number of hydrogen-bond acceptors (Lipinski definition) is 6. The smallest absolute Gasteiger partial charge is 0.334 e. The van der Waals surface area contributed by atoms with Crippen LogP contribution in [0.2, 0.25) is 0 Å². The quantitative estimate of drug-likeness (QED) is 0.340. The summed E-state index contributed by atoms with van der Waals surface area (Å²) in [5, 5.41) is 26.0. The molecule has 0 rings (SSSR count). The maximum absolute atomic E-state index is 10.7. The van der Waals surface area contributed by atoms with E-state index in [1.807, 2.05) is 0 Å². The van der Waals surface area contributed by atoms with Crippen LogP contribution in [0.15, 0.2) is 0 Å². The van der Waals surface area contributed by atoms with Crippen molar-refractivity contribution in [1.82, 2.24) is 0 Å². The first kappa shape index (κ1) is 13.3. The van der Waals surface area contributed by atoms with Crippen molar-refractivity contribution in [2.75, 3.05) is 26.4 Å². The molecule has 0 amide bonds. The van der Waals surface area contributed by atoms with Gasteiger partial charge < -0.3 is 24.8 Å². The average Bonchev–Trinajstić information content (AvgIpc) is 2.16. The van der Waals surface area contributed by atoms with Gasteiger partial charge in [-0.15, -0.1) is 0 Å². The minimum Gasteiger partial charge on any atom is -0.461 e. The fourth-order valence-electron chi connectivity index (χ4n) is 0.594. The number of rotatable bonds is 7. The maximum Gasteiger partial charge on any atom is 0.334 e. The summed E-state index contributed by atoms with van der Waals surface area (Å²) in [7, 11) is 0. The molecule has 3 N–H and O–H groups in total. The van der Waals surface area contributed by atoms with Gasteiger partial charge in [0.25, 0.3) is 0 Å². The van der Waals surface area contributed by atoms with E-state index in [4.69, 9.17) is 20.1 Å². The number of carbonyl (C=O) groups excluding carboxylic acids is 1. The van der Waals surface area contributed by atoms with Gasteiger partial charge in [-0.2, -0.15) is 0 Å². The van der Waals surface area contributed by atoms with Crippen LogP contribution in [-0.2, 0) is 14.3 Å². The van der Waals surface area contributed by atoms with E-state index in [2.05, 4.69) is 4.74 Å². The summed E-state index contributed by atoms with van der Waals surface area (Å²) in [6.45, 7) is 1.06. The third-order valence-electron chi connectivity index (χ3n) is 1.33. The Morgan fingerprint density at radius 2 is 2.00 bits per heavy atom. The molecule has 0 heterocycles. The Morgan fingerprint density at radius 3 is 2.50 bits per heavy atom. The van der Waals surface area contributed by atoms with Gasteiger partial charge in [-0.25, -0.2) is 4.79 Å². The Hall–Kier alpha value is -0.690. The predicted molar refractivity (Wildman–Crippen MR) is 46.6 cm³/mol. The van der Waals surface area contributed by atoms with Gasteiger partial charge in [-0.1, -0.05) is 0 Å². The van der Waals surface area contributed by atoms with Crippen LogP contribution in [-0.4, -0.2) is 59.9 Å². The van der Waals surface area contributed by atoms with E-state index in [1.54, 1.807) is 0 Å². The Morgan fingerprint density at radius 1 is 1.36 bits per heavy atom. The summed E-state index contributed by atoms with van der Waals surface area (Å²) >= 11 is 0. The highest BCUT2D eigenvalue weighted by molar-refractivity contribution is 5.73. The highest BCUT2D eigenvalue weighted by Crippen LogP contribution is 1.88. The van der Waals surface area contributed by atoms with Gasteiger partial charge in [0.05, 0.1) is 19.8 Å². The first-order chi connectivity index (χ1) is 6.57. The van der Waals surface area contributed by atoms with E-state index >= 15 is 0 Å². The third-order valence-corrected chi connectivity index (χ3v) is 1.33. The number of aliphatic hydroxyl groups is 3. The number of ether oxygens (including phenoxy) is 2. The number of hydrogen-bond donors (Lipinski definition) is 3. The molecule has 0 bridgehead atoms. The van der Waals surface area contributed by atoms with Gasteiger partial charge in [0.1, 0.15) is 18.8 Å². The van der Waals surface area contributed by atoms with Crippen molar-refractivity contribution in [2.24, 2.45) is 0 Å². The maximum atomic E-state index is 10.7. The number of esters is 1.